The van der Waals surface area contributed by atoms with Crippen molar-refractivity contribution >= 4 is 28.7 Å². The first-order valence-electron chi connectivity index (χ1n) is 16.7. The van der Waals surface area contributed by atoms with Crippen LogP contribution in [0.25, 0.3) is 16.7 Å². The molecule has 2 fully saturated rings. The summed E-state index contributed by atoms with van der Waals surface area (Å²) in [5.74, 6) is -0.432. The van der Waals surface area contributed by atoms with Crippen molar-refractivity contribution < 1.29 is 19.4 Å². The third kappa shape index (κ3) is 6.96. The largest absolute Gasteiger partial charge is 0.444 e. The summed E-state index contributed by atoms with van der Waals surface area (Å²) < 4.78 is 9.02. The van der Waals surface area contributed by atoms with Crippen molar-refractivity contribution in [2.24, 2.45) is 5.92 Å². The molecule has 254 valence electrons. The van der Waals surface area contributed by atoms with Gasteiger partial charge in [0.25, 0.3) is 5.56 Å². The van der Waals surface area contributed by atoms with E-state index >= 15 is 0 Å². The van der Waals surface area contributed by atoms with Gasteiger partial charge < -0.3 is 29.1 Å². The molecule has 1 N–H and O–H groups in total. The molecule has 2 aliphatic rings. The normalized spacial score (nSPS) is 19.7. The molecule has 2 aromatic carbocycles. The molecule has 0 spiro atoms. The van der Waals surface area contributed by atoms with E-state index < -0.39 is 11.2 Å². The maximum absolute atomic E-state index is 14.0. The van der Waals surface area contributed by atoms with Crippen LogP contribution in [0.4, 0.5) is 10.5 Å². The fourth-order valence-electron chi connectivity index (χ4n) is 6.93. The van der Waals surface area contributed by atoms with Crippen molar-refractivity contribution in [2.45, 2.75) is 63.7 Å². The Bertz CT molecular complexity index is 1830. The van der Waals surface area contributed by atoms with Crippen LogP contribution >= 0.6 is 0 Å². The highest BCUT2D eigenvalue weighted by Crippen LogP contribution is 2.36. The molecule has 4 aromatic rings. The number of anilines is 1. The number of aliphatic hydroxyl groups is 1. The van der Waals surface area contributed by atoms with Crippen LogP contribution in [0.15, 0.2) is 78.0 Å². The van der Waals surface area contributed by atoms with Crippen molar-refractivity contribution in [2.75, 3.05) is 45.2 Å². The van der Waals surface area contributed by atoms with E-state index in [0.717, 1.165) is 16.9 Å². The average molecular weight is 655 g/mol. The molecule has 0 aliphatic carbocycles. The quantitative estimate of drug-likeness (QED) is 0.322. The molecule has 4 heterocycles. The number of aromatic nitrogens is 3. The Hall–Kier alpha value is -4.64. The van der Waals surface area contributed by atoms with Gasteiger partial charge in [0.1, 0.15) is 11.9 Å². The Labute approximate surface area is 281 Å². The molecule has 0 radical (unpaired) electrons. The van der Waals surface area contributed by atoms with Crippen LogP contribution in [0.1, 0.15) is 51.5 Å². The zero-order valence-electron chi connectivity index (χ0n) is 28.5. The Balaban J connectivity index is 1.14. The molecule has 0 unspecified atom stereocenters. The van der Waals surface area contributed by atoms with E-state index in [0.29, 0.717) is 56.5 Å². The Kier molecular flexibility index (Phi) is 9.08. The predicted molar refractivity (Wildman–Crippen MR) is 186 cm³/mol. The second-order valence-corrected chi connectivity index (χ2v) is 14.4. The molecule has 48 heavy (non-hydrogen) atoms. The lowest BCUT2D eigenvalue weighted by Gasteiger charge is -2.43. The van der Waals surface area contributed by atoms with Gasteiger partial charge in [-0.1, -0.05) is 36.4 Å². The molecule has 11 nitrogen and oxygen atoms in total. The average Bonchev–Trinajstić information content (AvgIpc) is 3.50. The maximum Gasteiger partial charge on any atom is 0.410 e. The minimum Gasteiger partial charge on any atom is -0.444 e. The van der Waals surface area contributed by atoms with Gasteiger partial charge in [0.15, 0.2) is 5.65 Å². The summed E-state index contributed by atoms with van der Waals surface area (Å²) in [7, 11) is 3.96. The number of carbonyl (C=O) groups is 2. The highest BCUT2D eigenvalue weighted by molar-refractivity contribution is 5.81. The third-order valence-electron chi connectivity index (χ3n) is 9.57. The zero-order valence-corrected chi connectivity index (χ0v) is 28.5. The monoisotopic (exact) mass is 654 g/mol. The highest BCUT2D eigenvalue weighted by atomic mass is 16.6. The van der Waals surface area contributed by atoms with Crippen LogP contribution < -0.4 is 10.5 Å². The molecular weight excluding hydrogens is 608 g/mol. The van der Waals surface area contributed by atoms with Gasteiger partial charge in [-0.3, -0.25) is 14.2 Å². The first-order valence-corrected chi connectivity index (χ1v) is 16.7. The number of hydrogen-bond acceptors (Lipinski definition) is 7. The van der Waals surface area contributed by atoms with E-state index in [9.17, 15) is 19.5 Å². The zero-order chi connectivity index (χ0) is 34.2. The fourth-order valence-corrected chi connectivity index (χ4v) is 6.93. The van der Waals surface area contributed by atoms with Crippen LogP contribution in [0, 0.1) is 5.92 Å². The van der Waals surface area contributed by atoms with Crippen LogP contribution in [0.5, 0.6) is 0 Å². The van der Waals surface area contributed by atoms with E-state index in [4.69, 9.17) is 4.74 Å². The number of likely N-dealkylation sites (tertiary alicyclic amines) is 2. The predicted octanol–water partition coefficient (Wildman–Crippen LogP) is 4.65. The molecule has 6 rings (SSSR count). The number of amides is 2. The summed E-state index contributed by atoms with van der Waals surface area (Å²) in [6, 6.07) is 19.6. The van der Waals surface area contributed by atoms with Crippen molar-refractivity contribution in [3.8, 4) is 5.69 Å². The number of rotatable bonds is 6. The van der Waals surface area contributed by atoms with Gasteiger partial charge in [0, 0.05) is 69.7 Å². The molecule has 11 heteroatoms. The smallest absolute Gasteiger partial charge is 0.410 e. The van der Waals surface area contributed by atoms with E-state index in [1.165, 1.54) is 10.9 Å². The number of benzene rings is 2. The summed E-state index contributed by atoms with van der Waals surface area (Å²) >= 11 is 0. The lowest BCUT2D eigenvalue weighted by Crippen LogP contribution is -2.53. The minimum absolute atomic E-state index is 0.0367. The Morgan fingerprint density at radius 1 is 1.00 bits per heavy atom. The standard InChI is InChI=1S/C37H46N6O5/c1-36(2,3)48-35(46)41-18-14-29(31(23-41)26-10-7-6-8-11-26)33(44)40-20-16-37(47,17-21-40)24-42-25-38-32-30(34(42)45)15-19-43(32)28-13-9-12-27(22-28)39(4)5/h6-13,15,19,22,25,29,31,47H,14,16-18,20-21,23-24H2,1-5H3/t29-,31+/m1/s1. The molecule has 2 amide bonds. The van der Waals surface area contributed by atoms with Gasteiger partial charge >= 0.3 is 6.09 Å². The van der Waals surface area contributed by atoms with E-state index in [1.807, 2.05) is 110 Å². The van der Waals surface area contributed by atoms with Crippen LogP contribution in [-0.4, -0.2) is 92.5 Å². The SMILES string of the molecule is CN(C)c1cccc(-n2ccc3c(=O)n(CC4(O)CCN(C(=O)[C@@H]5CCN(C(=O)OC(C)(C)C)C[C@H]5c5ccccc5)CC4)cnc32)c1. The van der Waals surface area contributed by atoms with Crippen LogP contribution in [-0.2, 0) is 16.1 Å². The summed E-state index contributed by atoms with van der Waals surface area (Å²) in [5.41, 5.74) is 1.55. The number of fused-ring (bicyclic) bond motifs is 1. The topological polar surface area (TPSA) is 113 Å². The first-order chi connectivity index (χ1) is 22.8. The van der Waals surface area contributed by atoms with Gasteiger partial charge in [-0.05, 0) is 69.9 Å². The molecule has 2 saturated heterocycles. The van der Waals surface area contributed by atoms with Crippen molar-refractivity contribution in [3.05, 3.63) is 89.1 Å². The summed E-state index contributed by atoms with van der Waals surface area (Å²) in [6.07, 6.45) is 4.20. The first kappa shape index (κ1) is 33.3. The number of nitrogens with zero attached hydrogens (tertiary/aromatic N) is 6. The number of piperidine rings is 2. The number of ether oxygens (including phenoxy) is 1. The highest BCUT2D eigenvalue weighted by Gasteiger charge is 2.42. The second-order valence-electron chi connectivity index (χ2n) is 14.4. The molecule has 0 saturated carbocycles. The lowest BCUT2D eigenvalue weighted by molar-refractivity contribution is -0.142. The number of carbonyl (C=O) groups excluding carboxylic acids is 2. The number of hydrogen-bond donors (Lipinski definition) is 1. The molecule has 2 aromatic heterocycles. The minimum atomic E-state index is -1.16. The second kappa shape index (κ2) is 13.1. The van der Waals surface area contributed by atoms with Gasteiger partial charge in [0.05, 0.1) is 17.5 Å². The summed E-state index contributed by atoms with van der Waals surface area (Å²) in [6.45, 7) is 7.24. The van der Waals surface area contributed by atoms with E-state index in [1.54, 1.807) is 11.0 Å². The third-order valence-corrected chi connectivity index (χ3v) is 9.57. The van der Waals surface area contributed by atoms with Gasteiger partial charge in [0.2, 0.25) is 5.91 Å². The molecule has 0 bridgehead atoms. The van der Waals surface area contributed by atoms with Crippen molar-refractivity contribution in [1.29, 1.82) is 0 Å². The Morgan fingerprint density at radius 2 is 1.73 bits per heavy atom. The van der Waals surface area contributed by atoms with Crippen LogP contribution in [0.3, 0.4) is 0 Å². The summed E-state index contributed by atoms with van der Waals surface area (Å²) in [5, 5.41) is 12.1. The van der Waals surface area contributed by atoms with Crippen molar-refractivity contribution in [3.63, 3.8) is 0 Å². The van der Waals surface area contributed by atoms with Gasteiger partial charge in [-0.25, -0.2) is 9.78 Å². The molecule has 2 atom stereocenters. The molecule has 2 aliphatic heterocycles. The molecular formula is C37H46N6O5. The Morgan fingerprint density at radius 3 is 2.42 bits per heavy atom. The van der Waals surface area contributed by atoms with E-state index in [-0.39, 0.29) is 35.9 Å². The fraction of sp³-hybridized carbons (Fsp3) is 0.459. The maximum atomic E-state index is 14.0. The van der Waals surface area contributed by atoms with E-state index in [2.05, 4.69) is 4.98 Å². The van der Waals surface area contributed by atoms with Crippen LogP contribution in [0.2, 0.25) is 0 Å². The lowest BCUT2D eigenvalue weighted by atomic mass is 9.79. The van der Waals surface area contributed by atoms with Crippen molar-refractivity contribution in [1.82, 2.24) is 23.9 Å². The van der Waals surface area contributed by atoms with Gasteiger partial charge in [-0.2, -0.15) is 0 Å². The van der Waals surface area contributed by atoms with Gasteiger partial charge in [-0.15, -0.1) is 0 Å². The summed E-state index contributed by atoms with van der Waals surface area (Å²) in [4.78, 5) is 50.7.